The van der Waals surface area contributed by atoms with Crippen LogP contribution in [-0.4, -0.2) is 29.5 Å². The molecule has 164 valence electrons. The smallest absolute Gasteiger partial charge is 0.293 e. The molecule has 1 aromatic rings. The number of anilines is 1. The van der Waals surface area contributed by atoms with Gasteiger partial charge in [-0.2, -0.15) is 4.98 Å². The molecule has 0 amide bonds. The van der Waals surface area contributed by atoms with Crippen molar-refractivity contribution in [3.05, 3.63) is 50.9 Å². The van der Waals surface area contributed by atoms with Crippen LogP contribution in [0.3, 0.4) is 0 Å². The molecule has 10 heteroatoms. The highest BCUT2D eigenvalue weighted by atomic mass is 32.2. The topological polar surface area (TPSA) is 98.1 Å². The normalized spacial score (nSPS) is 13.9. The van der Waals surface area contributed by atoms with Gasteiger partial charge in [0.15, 0.2) is 11.6 Å². The zero-order valence-electron chi connectivity index (χ0n) is 17.5. The van der Waals surface area contributed by atoms with Gasteiger partial charge in [0.1, 0.15) is 5.69 Å². The second-order valence-electron chi connectivity index (χ2n) is 7.97. The Balaban J connectivity index is 1.80. The predicted octanol–water partition coefficient (Wildman–Crippen LogP) is 4.11. The number of carbonyl (C=O) groups excluding carboxylic acids is 1. The van der Waals surface area contributed by atoms with Gasteiger partial charge in [-0.15, -0.1) is 23.1 Å². The van der Waals surface area contributed by atoms with Crippen molar-refractivity contribution >= 4 is 44.7 Å². The molecule has 1 N–H and O–H groups in total. The molecule has 7 nitrogen and oxygen atoms in total. The van der Waals surface area contributed by atoms with E-state index in [1.165, 1.54) is 39.8 Å². The third kappa shape index (κ3) is 4.28. The van der Waals surface area contributed by atoms with Crippen molar-refractivity contribution in [1.82, 2.24) is 9.55 Å². The molecule has 0 unspecified atom stereocenters. The van der Waals surface area contributed by atoms with Crippen LogP contribution in [0, 0.1) is 12.8 Å². The number of sulfonamides is 1. The Hall–Kier alpha value is -2.17. The maximum atomic E-state index is 12.9. The van der Waals surface area contributed by atoms with Crippen molar-refractivity contribution in [3.63, 3.8) is 0 Å². The SMILES string of the molecule is Cc1ccc(S(=O)(=O)Nc2nc(=O)n3c4c(sc(SCCC(C)C)c2-3)C(=O)CC4)cc1. The Bertz CT molecular complexity index is 1270. The monoisotopic (exact) mass is 477 g/mol. The Morgan fingerprint density at radius 2 is 1.90 bits per heavy atom. The Morgan fingerprint density at radius 1 is 1.19 bits per heavy atom. The fraction of sp³-hybridized carbons (Fsp3) is 0.381. The number of aryl methyl sites for hydroxylation is 1. The third-order valence-corrected chi connectivity index (χ3v) is 9.00. The van der Waals surface area contributed by atoms with Crippen LogP contribution in [0.15, 0.2) is 38.2 Å². The van der Waals surface area contributed by atoms with Crippen LogP contribution >= 0.6 is 23.1 Å². The van der Waals surface area contributed by atoms with Crippen LogP contribution in [0.2, 0.25) is 0 Å². The zero-order valence-corrected chi connectivity index (χ0v) is 19.9. The van der Waals surface area contributed by atoms with Crippen LogP contribution < -0.4 is 10.4 Å². The summed E-state index contributed by atoms with van der Waals surface area (Å²) in [6.07, 6.45) is 1.76. The summed E-state index contributed by atoms with van der Waals surface area (Å²) >= 11 is 2.86. The largest absolute Gasteiger partial charge is 0.354 e. The number of aromatic nitrogens is 2. The Morgan fingerprint density at radius 3 is 2.58 bits per heavy atom. The highest BCUT2D eigenvalue weighted by molar-refractivity contribution is 8.01. The minimum Gasteiger partial charge on any atom is -0.293 e. The average Bonchev–Trinajstić information content (AvgIpc) is 3.22. The third-order valence-electron chi connectivity index (χ3n) is 5.10. The van der Waals surface area contributed by atoms with Crippen LogP contribution in [0.5, 0.6) is 0 Å². The number of hydrogen-bond acceptors (Lipinski definition) is 7. The fourth-order valence-corrected chi connectivity index (χ4v) is 7.23. The van der Waals surface area contributed by atoms with Crippen LogP contribution in [0.1, 0.15) is 47.6 Å². The molecule has 2 heterocycles. The molecule has 1 aliphatic carbocycles. The molecule has 0 saturated carbocycles. The van der Waals surface area contributed by atoms with Crippen molar-refractivity contribution in [3.8, 4) is 5.69 Å². The number of carbonyl (C=O) groups is 1. The number of imidazole rings is 1. The quantitative estimate of drug-likeness (QED) is 0.514. The minimum absolute atomic E-state index is 0.0102. The number of fused-ring (bicyclic) bond motifs is 3. The molecule has 31 heavy (non-hydrogen) atoms. The van der Waals surface area contributed by atoms with Crippen LogP contribution in [0.25, 0.3) is 5.69 Å². The molecule has 0 spiro atoms. The van der Waals surface area contributed by atoms with E-state index in [2.05, 4.69) is 23.6 Å². The highest BCUT2D eigenvalue weighted by Gasteiger charge is 2.33. The summed E-state index contributed by atoms with van der Waals surface area (Å²) in [6, 6.07) is 6.47. The summed E-state index contributed by atoms with van der Waals surface area (Å²) in [7, 11) is -3.92. The second kappa shape index (κ2) is 8.40. The molecule has 0 atom stereocenters. The summed E-state index contributed by atoms with van der Waals surface area (Å²) in [5.41, 5.74) is 1.43. The number of thioether (sulfide) groups is 1. The number of benzene rings is 1. The maximum Gasteiger partial charge on any atom is 0.354 e. The maximum absolute atomic E-state index is 12.9. The van der Waals surface area contributed by atoms with Gasteiger partial charge >= 0.3 is 5.69 Å². The van der Waals surface area contributed by atoms with E-state index < -0.39 is 15.7 Å². The van der Waals surface area contributed by atoms with Gasteiger partial charge < -0.3 is 0 Å². The van der Waals surface area contributed by atoms with Gasteiger partial charge in [-0.25, -0.2) is 13.2 Å². The molecule has 0 radical (unpaired) electrons. The number of nitrogens with zero attached hydrogens (tertiary/aromatic N) is 2. The first kappa shape index (κ1) is 22.0. The van der Waals surface area contributed by atoms with Gasteiger partial charge in [0.05, 0.1) is 14.0 Å². The number of rotatable bonds is 7. The van der Waals surface area contributed by atoms with Crippen molar-refractivity contribution in [2.45, 2.75) is 49.1 Å². The first-order valence-corrected chi connectivity index (χ1v) is 13.3. The number of nitrogens with one attached hydrogen (secondary N) is 1. The Labute approximate surface area is 189 Å². The standard InChI is InChI=1S/C21H23N3O4S3/c1-12(2)10-11-29-20-17-19(23-31(27,28)14-6-4-13(3)5-7-14)22-21(26)24(17)15-8-9-16(25)18(15)30-20/h4-7,12H,8-11H2,1-3H3,(H,22,23,26). The van der Waals surface area contributed by atoms with Crippen LogP contribution in [-0.2, 0) is 16.4 Å². The van der Waals surface area contributed by atoms with Gasteiger partial charge in [-0.1, -0.05) is 31.5 Å². The average molecular weight is 478 g/mol. The summed E-state index contributed by atoms with van der Waals surface area (Å²) in [4.78, 5) is 29.8. The second-order valence-corrected chi connectivity index (χ2v) is 12.0. The summed E-state index contributed by atoms with van der Waals surface area (Å²) < 4.78 is 30.5. The van der Waals surface area contributed by atoms with Crippen LogP contribution in [0.4, 0.5) is 5.82 Å². The first-order chi connectivity index (χ1) is 14.7. The van der Waals surface area contributed by atoms with Crippen molar-refractivity contribution in [2.75, 3.05) is 10.5 Å². The molecule has 2 aliphatic heterocycles. The lowest BCUT2D eigenvalue weighted by atomic mass is 10.2. The molecular weight excluding hydrogens is 454 g/mol. The molecular formula is C21H23N3O4S3. The first-order valence-electron chi connectivity index (χ1n) is 10.0. The molecule has 1 aromatic carbocycles. The van der Waals surface area contributed by atoms with E-state index in [9.17, 15) is 18.0 Å². The van der Waals surface area contributed by atoms with E-state index in [0.717, 1.165) is 21.9 Å². The van der Waals surface area contributed by atoms with Gasteiger partial charge in [0, 0.05) is 12.1 Å². The van der Waals surface area contributed by atoms with Crippen molar-refractivity contribution < 1.29 is 13.2 Å². The van der Waals surface area contributed by atoms with E-state index in [1.807, 2.05) is 6.92 Å². The van der Waals surface area contributed by atoms with Gasteiger partial charge in [-0.05, 0) is 43.6 Å². The summed E-state index contributed by atoms with van der Waals surface area (Å²) in [6.45, 7) is 6.13. The predicted molar refractivity (Wildman–Crippen MR) is 124 cm³/mol. The molecule has 0 saturated heterocycles. The van der Waals surface area contributed by atoms with Gasteiger partial charge in [0.2, 0.25) is 0 Å². The molecule has 0 bridgehead atoms. The zero-order chi connectivity index (χ0) is 22.3. The van der Waals surface area contributed by atoms with E-state index >= 15 is 0 Å². The molecule has 0 aromatic heterocycles. The van der Waals surface area contributed by atoms with E-state index in [1.54, 1.807) is 12.1 Å². The number of Topliss-reactive ketones (excluding diaryl/α,β-unsaturated/α-hetero) is 1. The lowest BCUT2D eigenvalue weighted by Crippen LogP contribution is -2.18. The van der Waals surface area contributed by atoms with E-state index in [-0.39, 0.29) is 16.5 Å². The van der Waals surface area contributed by atoms with E-state index in [0.29, 0.717) is 35.0 Å². The molecule has 0 fully saturated rings. The number of hydrogen-bond donors (Lipinski definition) is 1. The highest BCUT2D eigenvalue weighted by Crippen LogP contribution is 2.42. The summed E-state index contributed by atoms with van der Waals surface area (Å²) in [5.74, 6) is 1.32. The van der Waals surface area contributed by atoms with Crippen molar-refractivity contribution in [2.24, 2.45) is 5.92 Å². The number of ketones is 1. The fourth-order valence-electron chi connectivity index (χ4n) is 3.39. The van der Waals surface area contributed by atoms with Gasteiger partial charge in [-0.3, -0.25) is 14.1 Å². The Kier molecular flexibility index (Phi) is 5.97. The van der Waals surface area contributed by atoms with Gasteiger partial charge in [0.25, 0.3) is 10.0 Å². The van der Waals surface area contributed by atoms with Crippen molar-refractivity contribution in [1.29, 1.82) is 0 Å². The lowest BCUT2D eigenvalue weighted by Gasteiger charge is -2.15. The summed E-state index contributed by atoms with van der Waals surface area (Å²) in [5, 5.41) is 0. The minimum atomic E-state index is -3.92. The molecule has 3 aliphatic rings. The lowest BCUT2D eigenvalue weighted by molar-refractivity contribution is 0.0998. The molecule has 4 rings (SSSR count). The van der Waals surface area contributed by atoms with E-state index in [4.69, 9.17) is 0 Å².